The van der Waals surface area contributed by atoms with Crippen molar-refractivity contribution >= 4 is 22.4 Å². The molecule has 1 N–H and O–H groups in total. The smallest absolute Gasteiger partial charge is 0.451 e. The molecule has 1 heterocycles. The zero-order valence-electron chi connectivity index (χ0n) is 12.4. The van der Waals surface area contributed by atoms with Crippen molar-refractivity contribution in [3.63, 3.8) is 0 Å². The number of para-hydroxylation sites is 1. The van der Waals surface area contributed by atoms with E-state index < -0.39 is 17.8 Å². The molecule has 2 aromatic carbocycles. The number of nitrogens with zero attached hydrogens (tertiary/aromatic N) is 2. The lowest BCUT2D eigenvalue weighted by atomic mass is 10.2. The number of aromatic nitrogens is 2. The predicted molar refractivity (Wildman–Crippen MR) is 80.8 cm³/mol. The lowest BCUT2D eigenvalue weighted by Crippen LogP contribution is -2.13. The molecule has 0 aliphatic heterocycles. The van der Waals surface area contributed by atoms with Crippen molar-refractivity contribution in [2.45, 2.75) is 6.18 Å². The van der Waals surface area contributed by atoms with E-state index in [1.54, 1.807) is 12.1 Å². The predicted octanol–water partition coefficient (Wildman–Crippen LogP) is 4.54. The monoisotopic (exact) mass is 337 g/mol. The summed E-state index contributed by atoms with van der Waals surface area (Å²) in [7, 11) is 1.39. The van der Waals surface area contributed by atoms with Gasteiger partial charge in [-0.25, -0.2) is 14.4 Å². The van der Waals surface area contributed by atoms with Gasteiger partial charge in [-0.05, 0) is 24.3 Å². The lowest BCUT2D eigenvalue weighted by molar-refractivity contribution is -0.144. The molecule has 3 rings (SSSR count). The minimum absolute atomic E-state index is 0.0152. The molecule has 24 heavy (non-hydrogen) atoms. The zero-order chi connectivity index (χ0) is 17.3. The van der Waals surface area contributed by atoms with Crippen LogP contribution >= 0.6 is 0 Å². The zero-order valence-corrected chi connectivity index (χ0v) is 12.4. The SMILES string of the molecule is COc1ccc2c(Nc3ccccc3F)nc(C(F)(F)F)nc2c1. The first-order valence-corrected chi connectivity index (χ1v) is 6.83. The highest BCUT2D eigenvalue weighted by Gasteiger charge is 2.35. The fourth-order valence-electron chi connectivity index (χ4n) is 2.15. The Labute approximate surface area is 134 Å². The third-order valence-corrected chi connectivity index (χ3v) is 3.28. The Kier molecular flexibility index (Phi) is 3.96. The Bertz CT molecular complexity index is 896. The summed E-state index contributed by atoms with van der Waals surface area (Å²) in [5.74, 6) is -1.71. The first kappa shape index (κ1) is 16.0. The number of benzene rings is 2. The highest BCUT2D eigenvalue weighted by molar-refractivity contribution is 5.91. The molecular weight excluding hydrogens is 326 g/mol. The van der Waals surface area contributed by atoms with Gasteiger partial charge >= 0.3 is 6.18 Å². The Balaban J connectivity index is 2.19. The van der Waals surface area contributed by atoms with E-state index in [9.17, 15) is 17.6 Å². The van der Waals surface area contributed by atoms with Crippen LogP contribution in [0.4, 0.5) is 29.1 Å². The van der Waals surface area contributed by atoms with Crippen LogP contribution in [-0.2, 0) is 6.18 Å². The maximum atomic E-state index is 13.8. The van der Waals surface area contributed by atoms with E-state index >= 15 is 0 Å². The van der Waals surface area contributed by atoms with Crippen LogP contribution < -0.4 is 10.1 Å². The van der Waals surface area contributed by atoms with Crippen molar-refractivity contribution in [2.75, 3.05) is 12.4 Å². The van der Waals surface area contributed by atoms with Crippen molar-refractivity contribution in [2.24, 2.45) is 0 Å². The fraction of sp³-hybridized carbons (Fsp3) is 0.125. The number of fused-ring (bicyclic) bond motifs is 1. The Morgan fingerprint density at radius 2 is 1.79 bits per heavy atom. The highest BCUT2D eigenvalue weighted by Crippen LogP contribution is 2.33. The largest absolute Gasteiger partial charge is 0.497 e. The molecule has 0 saturated carbocycles. The molecule has 0 aliphatic rings. The van der Waals surface area contributed by atoms with Crippen molar-refractivity contribution < 1.29 is 22.3 Å². The summed E-state index contributed by atoms with van der Waals surface area (Å²) in [5.41, 5.74) is 0.0527. The van der Waals surface area contributed by atoms with Crippen LogP contribution in [0.15, 0.2) is 42.5 Å². The molecule has 8 heteroatoms. The molecule has 0 saturated heterocycles. The number of rotatable bonds is 3. The van der Waals surface area contributed by atoms with Crippen LogP contribution in [0.2, 0.25) is 0 Å². The van der Waals surface area contributed by atoms with Gasteiger partial charge in [-0.2, -0.15) is 13.2 Å². The Hall–Kier alpha value is -2.90. The van der Waals surface area contributed by atoms with Gasteiger partial charge in [-0.15, -0.1) is 0 Å². The minimum Gasteiger partial charge on any atom is -0.497 e. The summed E-state index contributed by atoms with van der Waals surface area (Å²) < 4.78 is 57.9. The van der Waals surface area contributed by atoms with E-state index in [1.165, 1.54) is 37.4 Å². The van der Waals surface area contributed by atoms with Gasteiger partial charge in [0.2, 0.25) is 5.82 Å². The number of hydrogen-bond donors (Lipinski definition) is 1. The third-order valence-electron chi connectivity index (χ3n) is 3.28. The molecule has 0 atom stereocenters. The standard InChI is InChI=1S/C16H11F4N3O/c1-24-9-6-7-10-13(8-9)22-15(16(18,19)20)23-14(10)21-12-5-3-2-4-11(12)17/h2-8H,1H3,(H,21,22,23). The van der Waals surface area contributed by atoms with E-state index in [0.717, 1.165) is 0 Å². The van der Waals surface area contributed by atoms with Crippen LogP contribution in [-0.4, -0.2) is 17.1 Å². The molecule has 0 fully saturated rings. The van der Waals surface area contributed by atoms with Crippen molar-refractivity contribution in [1.82, 2.24) is 9.97 Å². The highest BCUT2D eigenvalue weighted by atomic mass is 19.4. The first-order valence-electron chi connectivity index (χ1n) is 6.83. The lowest BCUT2D eigenvalue weighted by Gasteiger charge is -2.13. The molecule has 4 nitrogen and oxygen atoms in total. The van der Waals surface area contributed by atoms with Crippen molar-refractivity contribution in [3.05, 3.63) is 54.1 Å². The number of alkyl halides is 3. The number of halogens is 4. The molecular formula is C16H11F4N3O. The average molecular weight is 337 g/mol. The van der Waals surface area contributed by atoms with Gasteiger partial charge in [0.25, 0.3) is 0 Å². The third kappa shape index (κ3) is 3.08. The van der Waals surface area contributed by atoms with E-state index in [4.69, 9.17) is 4.74 Å². The molecule has 3 aromatic rings. The number of hydrogen-bond acceptors (Lipinski definition) is 4. The van der Waals surface area contributed by atoms with Gasteiger partial charge in [0.05, 0.1) is 18.3 Å². The summed E-state index contributed by atoms with van der Waals surface area (Å²) in [5, 5.41) is 2.91. The van der Waals surface area contributed by atoms with Gasteiger partial charge < -0.3 is 10.1 Å². The van der Waals surface area contributed by atoms with Gasteiger partial charge in [0.15, 0.2) is 0 Å². The topological polar surface area (TPSA) is 47.0 Å². The number of ether oxygens (including phenoxy) is 1. The molecule has 0 bridgehead atoms. The summed E-state index contributed by atoms with van der Waals surface area (Å²) in [6, 6.07) is 10.1. The van der Waals surface area contributed by atoms with E-state index in [1.807, 2.05) is 0 Å². The fourth-order valence-corrected chi connectivity index (χ4v) is 2.15. The molecule has 0 aliphatic carbocycles. The van der Waals surface area contributed by atoms with Crippen LogP contribution in [0, 0.1) is 5.82 Å². The molecule has 0 spiro atoms. The summed E-state index contributed by atoms with van der Waals surface area (Å²) >= 11 is 0. The second-order valence-corrected chi connectivity index (χ2v) is 4.88. The minimum atomic E-state index is -4.73. The van der Waals surface area contributed by atoms with Crippen molar-refractivity contribution in [1.29, 1.82) is 0 Å². The van der Waals surface area contributed by atoms with E-state index in [2.05, 4.69) is 15.3 Å². The summed E-state index contributed by atoms with van der Waals surface area (Å²) in [4.78, 5) is 7.04. The van der Waals surface area contributed by atoms with Crippen molar-refractivity contribution in [3.8, 4) is 5.75 Å². The van der Waals surface area contributed by atoms with Crippen LogP contribution in [0.5, 0.6) is 5.75 Å². The molecule has 124 valence electrons. The van der Waals surface area contributed by atoms with Gasteiger partial charge in [0.1, 0.15) is 17.4 Å². The normalized spacial score (nSPS) is 11.5. The summed E-state index contributed by atoms with van der Waals surface area (Å²) in [6.07, 6.45) is -4.73. The van der Waals surface area contributed by atoms with E-state index in [0.29, 0.717) is 11.1 Å². The number of methoxy groups -OCH3 is 1. The van der Waals surface area contributed by atoms with Gasteiger partial charge in [-0.1, -0.05) is 12.1 Å². The maximum absolute atomic E-state index is 13.8. The average Bonchev–Trinajstić information content (AvgIpc) is 2.55. The van der Waals surface area contributed by atoms with Crippen LogP contribution in [0.25, 0.3) is 10.9 Å². The summed E-state index contributed by atoms with van der Waals surface area (Å²) in [6.45, 7) is 0. The van der Waals surface area contributed by atoms with Crippen LogP contribution in [0.1, 0.15) is 5.82 Å². The molecule has 0 amide bonds. The second kappa shape index (κ2) is 5.95. The molecule has 0 radical (unpaired) electrons. The number of nitrogens with one attached hydrogen (secondary N) is 1. The second-order valence-electron chi connectivity index (χ2n) is 4.88. The Morgan fingerprint density at radius 3 is 2.46 bits per heavy atom. The number of anilines is 2. The first-order chi connectivity index (χ1) is 11.4. The van der Waals surface area contributed by atoms with Gasteiger partial charge in [0, 0.05) is 11.5 Å². The van der Waals surface area contributed by atoms with E-state index in [-0.39, 0.29) is 17.0 Å². The van der Waals surface area contributed by atoms with Crippen LogP contribution in [0.3, 0.4) is 0 Å². The molecule has 1 aromatic heterocycles. The molecule has 0 unspecified atom stereocenters. The Morgan fingerprint density at radius 1 is 1.04 bits per heavy atom. The quantitative estimate of drug-likeness (QED) is 0.713. The van der Waals surface area contributed by atoms with Gasteiger partial charge in [-0.3, -0.25) is 0 Å². The maximum Gasteiger partial charge on any atom is 0.451 e.